The van der Waals surface area contributed by atoms with Gasteiger partial charge in [0, 0.05) is 38.6 Å². The number of sulfonamides is 1. The number of nitrogens with zero attached hydrogens (tertiary/aromatic N) is 5. The Kier molecular flexibility index (Phi) is 5.89. The number of piperazine rings is 1. The largest absolute Gasteiger partial charge is 0.452 e. The average Bonchev–Trinajstić information content (AvgIpc) is 3.13. The molecule has 3 aromatic rings. The third kappa shape index (κ3) is 4.18. The molecule has 1 fully saturated rings. The molecule has 0 unspecified atom stereocenters. The van der Waals surface area contributed by atoms with Gasteiger partial charge in [-0.1, -0.05) is 0 Å². The van der Waals surface area contributed by atoms with E-state index >= 15 is 0 Å². The van der Waals surface area contributed by atoms with Crippen molar-refractivity contribution in [3.63, 3.8) is 0 Å². The number of aromatic nitrogens is 3. The van der Waals surface area contributed by atoms with Crippen molar-refractivity contribution in [2.24, 2.45) is 0 Å². The predicted molar refractivity (Wildman–Crippen MR) is 110 cm³/mol. The van der Waals surface area contributed by atoms with Crippen LogP contribution in [0.5, 0.6) is 0 Å². The summed E-state index contributed by atoms with van der Waals surface area (Å²) in [7, 11) is -3.78. The zero-order valence-corrected chi connectivity index (χ0v) is 18.0. The number of ether oxygens (including phenoxy) is 1. The van der Waals surface area contributed by atoms with E-state index in [2.05, 4.69) is 10.1 Å². The number of fused-ring (bicyclic) bond motifs is 1. The molecule has 3 heterocycles. The van der Waals surface area contributed by atoms with Gasteiger partial charge in [0.25, 0.3) is 5.91 Å². The number of hydrogen-bond donors (Lipinski definition) is 0. The van der Waals surface area contributed by atoms with E-state index in [1.54, 1.807) is 19.2 Å². The van der Waals surface area contributed by atoms with Crippen molar-refractivity contribution in [1.29, 1.82) is 0 Å². The summed E-state index contributed by atoms with van der Waals surface area (Å²) < 4.78 is 46.3. The molecule has 1 aromatic carbocycles. The van der Waals surface area contributed by atoms with Crippen LogP contribution in [0.1, 0.15) is 16.1 Å². The quantitative estimate of drug-likeness (QED) is 0.518. The van der Waals surface area contributed by atoms with E-state index < -0.39 is 34.3 Å². The summed E-state index contributed by atoms with van der Waals surface area (Å²) in [5.74, 6) is -1.66. The van der Waals surface area contributed by atoms with Crippen LogP contribution in [0.3, 0.4) is 0 Å². The van der Waals surface area contributed by atoms with Crippen molar-refractivity contribution in [2.75, 3.05) is 32.8 Å². The van der Waals surface area contributed by atoms with Gasteiger partial charge in [0.15, 0.2) is 12.3 Å². The molecule has 4 rings (SSSR count). The second kappa shape index (κ2) is 8.63. The van der Waals surface area contributed by atoms with E-state index in [4.69, 9.17) is 4.74 Å². The fourth-order valence-electron chi connectivity index (χ4n) is 3.46. The lowest BCUT2D eigenvalue weighted by molar-refractivity contribution is -0.135. The van der Waals surface area contributed by atoms with E-state index in [0.717, 1.165) is 12.1 Å². The van der Waals surface area contributed by atoms with Crippen molar-refractivity contribution in [1.82, 2.24) is 23.8 Å². The number of carbonyl (C=O) groups excluding carboxylic acids is 2. The summed E-state index contributed by atoms with van der Waals surface area (Å²) in [5.41, 5.74) is 0.955. The number of hydrogen-bond acceptors (Lipinski definition) is 7. The monoisotopic (exact) mass is 461 g/mol. The number of benzene rings is 1. The highest BCUT2D eigenvalue weighted by atomic mass is 32.2. The molecule has 1 aliphatic heterocycles. The lowest BCUT2D eigenvalue weighted by Gasteiger charge is -2.33. The van der Waals surface area contributed by atoms with Crippen molar-refractivity contribution in [2.45, 2.75) is 11.8 Å². The Morgan fingerprint density at radius 1 is 1.12 bits per heavy atom. The number of carbonyl (C=O) groups is 2. The molecule has 0 bridgehead atoms. The van der Waals surface area contributed by atoms with Crippen LogP contribution in [-0.4, -0.2) is 76.9 Å². The molecule has 0 aliphatic carbocycles. The van der Waals surface area contributed by atoms with Crippen molar-refractivity contribution < 1.29 is 27.1 Å². The number of amides is 1. The molecule has 12 heteroatoms. The highest BCUT2D eigenvalue weighted by molar-refractivity contribution is 7.89. The number of aryl methyl sites for hydroxylation is 1. The minimum atomic E-state index is -3.78. The number of esters is 1. The van der Waals surface area contributed by atoms with Gasteiger partial charge in [-0.25, -0.2) is 27.1 Å². The summed E-state index contributed by atoms with van der Waals surface area (Å²) >= 11 is 0. The number of halogens is 1. The summed E-state index contributed by atoms with van der Waals surface area (Å²) in [5, 5.41) is 4.19. The normalized spacial score (nSPS) is 15.1. The first-order valence-electron chi connectivity index (χ1n) is 9.78. The first-order valence-corrected chi connectivity index (χ1v) is 11.2. The fraction of sp³-hybridized carbons (Fsp3) is 0.300. The zero-order valence-electron chi connectivity index (χ0n) is 17.1. The van der Waals surface area contributed by atoms with Crippen LogP contribution in [0.25, 0.3) is 5.65 Å². The summed E-state index contributed by atoms with van der Waals surface area (Å²) in [4.78, 5) is 30.5. The Bertz CT molecular complexity index is 1270. The summed E-state index contributed by atoms with van der Waals surface area (Å²) in [6.07, 6.45) is 3.18. The van der Waals surface area contributed by atoms with Crippen LogP contribution < -0.4 is 0 Å². The Labute approximate surface area is 183 Å². The maximum atomic E-state index is 13.1. The van der Waals surface area contributed by atoms with Crippen LogP contribution in [0.2, 0.25) is 0 Å². The second-order valence-electron chi connectivity index (χ2n) is 7.16. The van der Waals surface area contributed by atoms with Gasteiger partial charge in [-0.05, 0) is 37.3 Å². The molecule has 0 atom stereocenters. The van der Waals surface area contributed by atoms with Gasteiger partial charge in [-0.3, -0.25) is 4.79 Å². The Morgan fingerprint density at radius 3 is 2.50 bits per heavy atom. The van der Waals surface area contributed by atoms with Crippen molar-refractivity contribution >= 4 is 27.5 Å². The third-order valence-electron chi connectivity index (χ3n) is 5.14. The van der Waals surface area contributed by atoms with Gasteiger partial charge in [0.2, 0.25) is 10.0 Å². The Morgan fingerprint density at radius 2 is 1.81 bits per heavy atom. The molecule has 32 heavy (non-hydrogen) atoms. The Balaban J connectivity index is 1.34. The predicted octanol–water partition coefficient (Wildman–Crippen LogP) is 0.867. The van der Waals surface area contributed by atoms with Gasteiger partial charge < -0.3 is 9.64 Å². The molecule has 1 saturated heterocycles. The standard InChI is InChI=1S/C20H20FN5O5S/c1-14-18(19-22-7-2-8-26(19)23-14)20(28)31-13-17(27)24-9-11-25(12-10-24)32(29,30)16-5-3-15(21)4-6-16/h2-8H,9-13H2,1H3. The minimum Gasteiger partial charge on any atom is -0.452 e. The first-order chi connectivity index (χ1) is 15.3. The molecule has 1 aliphatic rings. The molecule has 0 saturated carbocycles. The zero-order chi connectivity index (χ0) is 22.9. The van der Waals surface area contributed by atoms with Gasteiger partial charge in [-0.15, -0.1) is 0 Å². The lowest BCUT2D eigenvalue weighted by Crippen LogP contribution is -2.51. The van der Waals surface area contributed by atoms with Crippen LogP contribution in [0.15, 0.2) is 47.6 Å². The molecule has 2 aromatic heterocycles. The van der Waals surface area contributed by atoms with E-state index in [9.17, 15) is 22.4 Å². The van der Waals surface area contributed by atoms with E-state index in [1.165, 1.54) is 32.1 Å². The Hall–Kier alpha value is -3.38. The SMILES string of the molecule is Cc1nn2cccnc2c1C(=O)OCC(=O)N1CCN(S(=O)(=O)c2ccc(F)cc2)CC1. The highest BCUT2D eigenvalue weighted by Crippen LogP contribution is 2.18. The maximum absolute atomic E-state index is 13.1. The van der Waals surface area contributed by atoms with Crippen LogP contribution in [0.4, 0.5) is 4.39 Å². The van der Waals surface area contributed by atoms with Gasteiger partial charge >= 0.3 is 5.97 Å². The van der Waals surface area contributed by atoms with Crippen LogP contribution in [-0.2, 0) is 19.6 Å². The van der Waals surface area contributed by atoms with Crippen LogP contribution >= 0.6 is 0 Å². The van der Waals surface area contributed by atoms with Gasteiger partial charge in [-0.2, -0.15) is 9.40 Å². The van der Waals surface area contributed by atoms with Gasteiger partial charge in [0.05, 0.1) is 10.6 Å². The molecule has 0 N–H and O–H groups in total. The number of rotatable bonds is 5. The topological polar surface area (TPSA) is 114 Å². The lowest BCUT2D eigenvalue weighted by atomic mass is 10.2. The van der Waals surface area contributed by atoms with E-state index in [0.29, 0.717) is 11.3 Å². The molecular weight excluding hydrogens is 441 g/mol. The van der Waals surface area contributed by atoms with Crippen molar-refractivity contribution in [3.8, 4) is 0 Å². The minimum absolute atomic E-state index is 0.00927. The maximum Gasteiger partial charge on any atom is 0.344 e. The molecule has 0 radical (unpaired) electrons. The molecule has 168 valence electrons. The average molecular weight is 461 g/mol. The smallest absolute Gasteiger partial charge is 0.344 e. The fourth-order valence-corrected chi connectivity index (χ4v) is 4.88. The molecule has 1 amide bonds. The first kappa shape index (κ1) is 21.8. The molecule has 0 spiro atoms. The molecule has 10 nitrogen and oxygen atoms in total. The summed E-state index contributed by atoms with van der Waals surface area (Å²) in [6.45, 7) is 1.62. The van der Waals surface area contributed by atoms with E-state index in [1.807, 2.05) is 0 Å². The third-order valence-corrected chi connectivity index (χ3v) is 7.06. The van der Waals surface area contributed by atoms with Crippen molar-refractivity contribution in [3.05, 3.63) is 59.8 Å². The van der Waals surface area contributed by atoms with Gasteiger partial charge in [0.1, 0.15) is 11.4 Å². The van der Waals surface area contributed by atoms with E-state index in [-0.39, 0.29) is 36.6 Å². The molecular formula is C20H20FN5O5S. The summed E-state index contributed by atoms with van der Waals surface area (Å²) in [6, 6.07) is 6.26. The second-order valence-corrected chi connectivity index (χ2v) is 9.10. The highest BCUT2D eigenvalue weighted by Gasteiger charge is 2.30. The van der Waals surface area contributed by atoms with Crippen LogP contribution in [0, 0.1) is 12.7 Å².